The molecule has 3 aliphatic rings. The second kappa shape index (κ2) is 11.2. The standard InChI is InChI=1S/C25H36O14/c1-6-13(26)16(29)19(32)22(37-6)10-4-9(25(35)36)5-11(23-20(33)17(30)14(27)7(2)38-23)12(10)24-21(34)18(31)15(28)8(3)39-24/h4-8,13-24,26-34H,1-3H3,(H,35,36)/t6-,7-,8-,13+,14+,15+,16+,17+,18+,19-,20-,21-,22?,23?,24?/m1/s1. The zero-order chi connectivity index (χ0) is 29.1. The summed E-state index contributed by atoms with van der Waals surface area (Å²) < 4.78 is 17.4. The van der Waals surface area contributed by atoms with Gasteiger partial charge in [0.25, 0.3) is 0 Å². The van der Waals surface area contributed by atoms with Crippen molar-refractivity contribution in [3.8, 4) is 0 Å². The third-order valence-corrected chi connectivity index (χ3v) is 7.95. The first kappa shape index (κ1) is 30.2. The van der Waals surface area contributed by atoms with Gasteiger partial charge in [-0.2, -0.15) is 0 Å². The first-order valence-electron chi connectivity index (χ1n) is 12.7. The molecule has 1 aromatic carbocycles. The van der Waals surface area contributed by atoms with Gasteiger partial charge in [-0.3, -0.25) is 0 Å². The Hall–Kier alpha value is -1.79. The third kappa shape index (κ3) is 5.21. The Balaban J connectivity index is 1.99. The SMILES string of the molecule is C[C@H]1OC(c2cc(C(=O)O)cc(C3O[C@H](C)[C@H](O)[C@H](O)[C@H]3O)c2C2O[C@H](C)[C@H](O)[C@H](O)[C@H]2O)[C@H](O)[C@@H](O)[C@H]1O. The number of ether oxygens (including phenoxy) is 3. The number of carboxylic acids is 1. The van der Waals surface area contributed by atoms with Gasteiger partial charge in [-0.15, -0.1) is 0 Å². The van der Waals surface area contributed by atoms with Crippen LogP contribution in [0.3, 0.4) is 0 Å². The van der Waals surface area contributed by atoms with E-state index in [9.17, 15) is 55.9 Å². The van der Waals surface area contributed by atoms with Gasteiger partial charge in [-0.1, -0.05) is 0 Å². The highest BCUT2D eigenvalue weighted by Crippen LogP contribution is 2.46. The van der Waals surface area contributed by atoms with E-state index in [1.54, 1.807) is 0 Å². The van der Waals surface area contributed by atoms with E-state index in [2.05, 4.69) is 0 Å². The zero-order valence-electron chi connectivity index (χ0n) is 21.4. The minimum absolute atomic E-state index is 0.107. The first-order valence-corrected chi connectivity index (χ1v) is 12.7. The van der Waals surface area contributed by atoms with Crippen LogP contribution < -0.4 is 0 Å². The Kier molecular flexibility index (Phi) is 8.69. The van der Waals surface area contributed by atoms with Crippen LogP contribution in [0, 0.1) is 0 Å². The van der Waals surface area contributed by atoms with Crippen molar-refractivity contribution in [3.05, 3.63) is 34.4 Å². The van der Waals surface area contributed by atoms with Gasteiger partial charge in [-0.05, 0) is 49.6 Å². The lowest BCUT2D eigenvalue weighted by Crippen LogP contribution is -2.56. The topological polar surface area (TPSA) is 247 Å². The number of aromatic carboxylic acids is 1. The average molecular weight is 561 g/mol. The summed E-state index contributed by atoms with van der Waals surface area (Å²) >= 11 is 0. The number of benzene rings is 1. The second-order valence-electron chi connectivity index (χ2n) is 10.6. The predicted octanol–water partition coefficient (Wildman–Crippen LogP) is -2.99. The molecule has 0 aromatic heterocycles. The van der Waals surface area contributed by atoms with E-state index in [0.29, 0.717) is 0 Å². The van der Waals surface area contributed by atoms with Crippen LogP contribution in [0.5, 0.6) is 0 Å². The number of aliphatic hydroxyl groups is 9. The van der Waals surface area contributed by atoms with Gasteiger partial charge in [-0.25, -0.2) is 4.79 Å². The third-order valence-electron chi connectivity index (χ3n) is 7.95. The smallest absolute Gasteiger partial charge is 0.335 e. The molecule has 3 heterocycles. The molecule has 3 unspecified atom stereocenters. The lowest BCUT2D eigenvalue weighted by Gasteiger charge is -2.45. The molecule has 1 aromatic rings. The minimum Gasteiger partial charge on any atom is -0.478 e. The second-order valence-corrected chi connectivity index (χ2v) is 10.6. The molecule has 220 valence electrons. The molecule has 0 amide bonds. The molecule has 15 atom stereocenters. The van der Waals surface area contributed by atoms with Crippen molar-refractivity contribution in [1.82, 2.24) is 0 Å². The summed E-state index contributed by atoms with van der Waals surface area (Å²) in [6.45, 7) is 4.24. The van der Waals surface area contributed by atoms with Crippen molar-refractivity contribution in [2.45, 2.75) is 112 Å². The van der Waals surface area contributed by atoms with Gasteiger partial charge in [0.2, 0.25) is 0 Å². The summed E-state index contributed by atoms with van der Waals surface area (Å²) in [5, 5.41) is 105. The zero-order valence-corrected chi connectivity index (χ0v) is 21.4. The summed E-state index contributed by atoms with van der Waals surface area (Å²) in [5.41, 5.74) is -0.779. The maximum absolute atomic E-state index is 12.2. The summed E-state index contributed by atoms with van der Waals surface area (Å²) in [7, 11) is 0. The molecule has 10 N–H and O–H groups in total. The van der Waals surface area contributed by atoms with Crippen molar-refractivity contribution in [1.29, 1.82) is 0 Å². The Labute approximate surface area is 223 Å². The van der Waals surface area contributed by atoms with E-state index >= 15 is 0 Å². The van der Waals surface area contributed by atoms with Crippen LogP contribution in [0.25, 0.3) is 0 Å². The van der Waals surface area contributed by atoms with Crippen molar-refractivity contribution < 1.29 is 70.1 Å². The van der Waals surface area contributed by atoms with Crippen LogP contribution in [0.4, 0.5) is 0 Å². The van der Waals surface area contributed by atoms with Gasteiger partial charge in [0.1, 0.15) is 73.2 Å². The van der Waals surface area contributed by atoms with E-state index in [1.807, 2.05) is 0 Å². The molecule has 3 aliphatic heterocycles. The van der Waals surface area contributed by atoms with Crippen LogP contribution in [0.2, 0.25) is 0 Å². The highest BCUT2D eigenvalue weighted by molar-refractivity contribution is 5.88. The van der Waals surface area contributed by atoms with Crippen molar-refractivity contribution >= 4 is 5.97 Å². The van der Waals surface area contributed by atoms with Gasteiger partial charge in [0.15, 0.2) is 0 Å². The highest BCUT2D eigenvalue weighted by atomic mass is 16.6. The van der Waals surface area contributed by atoms with E-state index in [4.69, 9.17) is 14.2 Å². The molecular weight excluding hydrogens is 524 g/mol. The molecule has 3 fully saturated rings. The largest absolute Gasteiger partial charge is 0.478 e. The summed E-state index contributed by atoms with van der Waals surface area (Å²) in [6, 6.07) is 2.18. The molecular formula is C25H36O14. The number of hydrogen-bond donors (Lipinski definition) is 10. The first-order chi connectivity index (χ1) is 18.2. The Morgan fingerprint density at radius 3 is 1.18 bits per heavy atom. The van der Waals surface area contributed by atoms with Gasteiger partial charge in [0, 0.05) is 0 Å². The van der Waals surface area contributed by atoms with Crippen LogP contribution in [-0.4, -0.2) is 130 Å². The fourth-order valence-corrected chi connectivity index (χ4v) is 5.53. The molecule has 3 saturated heterocycles. The maximum Gasteiger partial charge on any atom is 0.335 e. The molecule has 0 spiro atoms. The number of hydrogen-bond acceptors (Lipinski definition) is 13. The van der Waals surface area contributed by atoms with Crippen molar-refractivity contribution in [2.75, 3.05) is 0 Å². The normalized spacial score (nSPS) is 47.1. The molecule has 0 saturated carbocycles. The summed E-state index contributed by atoms with van der Waals surface area (Å²) in [6.07, 6.45) is -22.7. The van der Waals surface area contributed by atoms with E-state index in [1.165, 1.54) is 20.8 Å². The molecule has 4 rings (SSSR count). The molecule has 0 aliphatic carbocycles. The Morgan fingerprint density at radius 2 is 0.846 bits per heavy atom. The number of carbonyl (C=O) groups is 1. The fraction of sp³-hybridized carbons (Fsp3) is 0.720. The molecule has 0 bridgehead atoms. The number of rotatable bonds is 4. The summed E-state index contributed by atoms with van der Waals surface area (Å²) in [4.78, 5) is 12.2. The van der Waals surface area contributed by atoms with E-state index in [-0.39, 0.29) is 16.7 Å². The van der Waals surface area contributed by atoms with Gasteiger partial charge in [0.05, 0.1) is 23.9 Å². The van der Waals surface area contributed by atoms with Gasteiger partial charge >= 0.3 is 5.97 Å². The van der Waals surface area contributed by atoms with Crippen LogP contribution in [0.15, 0.2) is 12.1 Å². The maximum atomic E-state index is 12.2. The number of aliphatic hydroxyl groups excluding tert-OH is 9. The monoisotopic (exact) mass is 560 g/mol. The number of carboxylic acid groups (broad SMARTS) is 1. The van der Waals surface area contributed by atoms with E-state index in [0.717, 1.165) is 12.1 Å². The van der Waals surface area contributed by atoms with Crippen LogP contribution in [0.1, 0.15) is 66.1 Å². The quantitative estimate of drug-likeness (QED) is 0.176. The Morgan fingerprint density at radius 1 is 0.538 bits per heavy atom. The van der Waals surface area contributed by atoms with Crippen molar-refractivity contribution in [2.24, 2.45) is 0 Å². The predicted molar refractivity (Wildman–Crippen MR) is 127 cm³/mol. The minimum atomic E-state index is -1.81. The molecule has 0 radical (unpaired) electrons. The average Bonchev–Trinajstić information content (AvgIpc) is 2.90. The summed E-state index contributed by atoms with van der Waals surface area (Å²) in [5.74, 6) is -1.45. The molecule has 39 heavy (non-hydrogen) atoms. The van der Waals surface area contributed by atoms with E-state index < -0.39 is 103 Å². The van der Waals surface area contributed by atoms with Crippen molar-refractivity contribution in [3.63, 3.8) is 0 Å². The molecule has 14 nitrogen and oxygen atoms in total. The highest BCUT2D eigenvalue weighted by Gasteiger charge is 2.50. The van der Waals surface area contributed by atoms with Gasteiger partial charge < -0.3 is 65.3 Å². The van der Waals surface area contributed by atoms with Crippen LogP contribution in [-0.2, 0) is 14.2 Å². The fourth-order valence-electron chi connectivity index (χ4n) is 5.53. The van der Waals surface area contributed by atoms with Crippen LogP contribution >= 0.6 is 0 Å². The lowest BCUT2D eigenvalue weighted by atomic mass is 9.78. The molecule has 14 heteroatoms. The lowest BCUT2D eigenvalue weighted by molar-refractivity contribution is -0.230. The Bertz CT molecular complexity index is 997.